The third kappa shape index (κ3) is 2.74. The van der Waals surface area contributed by atoms with Crippen molar-refractivity contribution in [2.45, 2.75) is 0 Å². The second kappa shape index (κ2) is 5.15. The molecule has 0 saturated heterocycles. The molecule has 0 amide bonds. The molecule has 0 radical (unpaired) electrons. The number of phenolic OH excluding ortho intramolecular Hbond substituents is 1. The lowest BCUT2D eigenvalue weighted by Crippen LogP contribution is -1.96. The number of hydrogen-bond acceptors (Lipinski definition) is 4. The molecule has 0 aliphatic carbocycles. The number of nitrogens with two attached hydrogens (primary N) is 1. The Balaban J connectivity index is 2.48. The number of hydrogen-bond donors (Lipinski definition) is 3. The van der Waals surface area contributed by atoms with Crippen LogP contribution in [0.15, 0.2) is 48.5 Å². The van der Waals surface area contributed by atoms with E-state index >= 15 is 0 Å². The molecule has 2 rings (SSSR count). The third-order valence-electron chi connectivity index (χ3n) is 2.27. The molecule has 88 valence electrons. The molecular weight excluding hydrogens is 237 g/mol. The van der Waals surface area contributed by atoms with E-state index in [2.05, 4.69) is 0 Å². The van der Waals surface area contributed by atoms with Crippen LogP contribution in [0.25, 0.3) is 11.1 Å². The van der Waals surface area contributed by atoms with Gasteiger partial charge in [-0.25, -0.2) is 0 Å². The van der Waals surface area contributed by atoms with Gasteiger partial charge in [0.1, 0.15) is 11.5 Å². The van der Waals surface area contributed by atoms with Crippen LogP contribution in [0.5, 0.6) is 11.5 Å². The third-order valence-corrected chi connectivity index (χ3v) is 2.66. The molecule has 4 nitrogen and oxygen atoms in total. The van der Waals surface area contributed by atoms with Gasteiger partial charge in [0.25, 0.3) is 0 Å². The van der Waals surface area contributed by atoms with E-state index in [1.54, 1.807) is 36.4 Å². The van der Waals surface area contributed by atoms with Crippen molar-refractivity contribution in [2.75, 3.05) is 0 Å². The number of para-hydroxylation sites is 2. The minimum Gasteiger partial charge on any atom is -0.507 e. The Morgan fingerprint density at radius 3 is 2.18 bits per heavy atom. The van der Waals surface area contributed by atoms with Crippen molar-refractivity contribution in [1.82, 2.24) is 0 Å². The van der Waals surface area contributed by atoms with E-state index in [1.807, 2.05) is 12.1 Å². The summed E-state index contributed by atoms with van der Waals surface area (Å²) >= 11 is 0. The average molecular weight is 249 g/mol. The zero-order valence-corrected chi connectivity index (χ0v) is 9.84. The van der Waals surface area contributed by atoms with E-state index in [-0.39, 0.29) is 5.75 Å². The molecular formula is C12H12NO3P. The van der Waals surface area contributed by atoms with Crippen molar-refractivity contribution in [2.24, 2.45) is 5.50 Å². The maximum atomic E-state index is 9.78. The average Bonchev–Trinajstić information content (AvgIpc) is 2.30. The van der Waals surface area contributed by atoms with E-state index < -0.39 is 8.53 Å². The van der Waals surface area contributed by atoms with Crippen LogP contribution in [0.2, 0.25) is 0 Å². The summed E-state index contributed by atoms with van der Waals surface area (Å²) in [5.41, 5.74) is 6.58. The molecule has 0 aliphatic rings. The quantitative estimate of drug-likeness (QED) is 0.731. The minimum absolute atomic E-state index is 0.155. The molecule has 0 saturated carbocycles. The van der Waals surface area contributed by atoms with Crippen molar-refractivity contribution >= 4 is 8.53 Å². The second-order valence-electron chi connectivity index (χ2n) is 3.41. The lowest BCUT2D eigenvalue weighted by Gasteiger charge is -2.12. The van der Waals surface area contributed by atoms with Gasteiger partial charge in [-0.05, 0) is 12.1 Å². The van der Waals surface area contributed by atoms with E-state index in [0.29, 0.717) is 16.9 Å². The van der Waals surface area contributed by atoms with Crippen LogP contribution in [0.4, 0.5) is 0 Å². The van der Waals surface area contributed by atoms with Gasteiger partial charge in [0.15, 0.2) is 0 Å². The van der Waals surface area contributed by atoms with Crippen molar-refractivity contribution < 1.29 is 14.5 Å². The number of benzene rings is 2. The van der Waals surface area contributed by atoms with Gasteiger partial charge in [-0.2, -0.15) is 0 Å². The van der Waals surface area contributed by atoms with Crippen LogP contribution in [-0.4, -0.2) is 10.00 Å². The van der Waals surface area contributed by atoms with E-state index in [1.165, 1.54) is 0 Å². The second-order valence-corrected chi connectivity index (χ2v) is 4.19. The Kier molecular flexibility index (Phi) is 3.59. The van der Waals surface area contributed by atoms with Crippen LogP contribution in [0.3, 0.4) is 0 Å². The summed E-state index contributed by atoms with van der Waals surface area (Å²) in [6.07, 6.45) is 0. The standard InChI is InChI=1S/C12H12NO3P/c13-17(15)16-12-8-4-2-6-10(12)9-5-1-3-7-11(9)14/h1-8,14-15H,13H2. The first-order valence-electron chi connectivity index (χ1n) is 4.97. The number of phenols is 1. The Morgan fingerprint density at radius 2 is 1.53 bits per heavy atom. The van der Waals surface area contributed by atoms with Gasteiger partial charge >= 0.3 is 8.53 Å². The summed E-state index contributed by atoms with van der Waals surface area (Å²) in [4.78, 5) is 9.10. The first-order valence-corrected chi connectivity index (χ1v) is 6.25. The SMILES string of the molecule is NP(O)Oc1ccccc1-c1ccccc1O. The fourth-order valence-corrected chi connectivity index (χ4v) is 1.93. The van der Waals surface area contributed by atoms with Crippen LogP contribution in [0.1, 0.15) is 0 Å². The van der Waals surface area contributed by atoms with Crippen molar-refractivity contribution in [3.05, 3.63) is 48.5 Å². The smallest absolute Gasteiger partial charge is 0.312 e. The predicted molar refractivity (Wildman–Crippen MR) is 67.5 cm³/mol. The molecule has 5 heteroatoms. The largest absolute Gasteiger partial charge is 0.507 e. The van der Waals surface area contributed by atoms with Crippen LogP contribution < -0.4 is 10.0 Å². The van der Waals surface area contributed by atoms with Gasteiger partial charge in [-0.3, -0.25) is 5.50 Å². The zero-order valence-electron chi connectivity index (χ0n) is 8.95. The van der Waals surface area contributed by atoms with Gasteiger partial charge in [-0.15, -0.1) is 0 Å². The summed E-state index contributed by atoms with van der Waals surface area (Å²) in [6.45, 7) is 0. The van der Waals surface area contributed by atoms with Gasteiger partial charge in [-0.1, -0.05) is 36.4 Å². The first-order chi connectivity index (χ1) is 8.18. The van der Waals surface area contributed by atoms with Crippen molar-refractivity contribution in [3.63, 3.8) is 0 Å². The van der Waals surface area contributed by atoms with Crippen LogP contribution in [-0.2, 0) is 0 Å². The molecule has 0 fully saturated rings. The molecule has 17 heavy (non-hydrogen) atoms. The Morgan fingerprint density at radius 1 is 0.941 bits per heavy atom. The van der Waals surface area contributed by atoms with Crippen LogP contribution >= 0.6 is 8.53 Å². The molecule has 0 heterocycles. The normalized spacial score (nSPS) is 12.1. The van der Waals surface area contributed by atoms with Gasteiger partial charge in [0.05, 0.1) is 0 Å². The summed E-state index contributed by atoms with van der Waals surface area (Å²) in [5, 5.41) is 9.78. The number of aromatic hydroxyl groups is 1. The molecule has 1 unspecified atom stereocenters. The lowest BCUT2D eigenvalue weighted by molar-refractivity contribution is 0.474. The highest BCUT2D eigenvalue weighted by molar-refractivity contribution is 7.43. The topological polar surface area (TPSA) is 75.7 Å². The molecule has 0 bridgehead atoms. The Labute approximate surface area is 100 Å². The Bertz CT molecular complexity index is 517. The Hall–Kier alpha value is -1.61. The van der Waals surface area contributed by atoms with Crippen molar-refractivity contribution in [1.29, 1.82) is 0 Å². The fourth-order valence-electron chi connectivity index (χ4n) is 1.57. The molecule has 0 aliphatic heterocycles. The maximum Gasteiger partial charge on any atom is 0.312 e. The minimum atomic E-state index is -1.97. The van der Waals surface area contributed by atoms with Crippen LogP contribution in [0, 0.1) is 0 Å². The zero-order chi connectivity index (χ0) is 12.3. The lowest BCUT2D eigenvalue weighted by atomic mass is 10.0. The highest BCUT2D eigenvalue weighted by Gasteiger charge is 2.11. The monoisotopic (exact) mass is 249 g/mol. The molecule has 0 aromatic heterocycles. The summed E-state index contributed by atoms with van der Waals surface area (Å²) in [6, 6.07) is 14.0. The molecule has 1 atom stereocenters. The van der Waals surface area contributed by atoms with E-state index in [0.717, 1.165) is 0 Å². The maximum absolute atomic E-state index is 9.78. The number of rotatable bonds is 3. The summed E-state index contributed by atoms with van der Waals surface area (Å²) in [7, 11) is -1.97. The van der Waals surface area contributed by atoms with E-state index in [4.69, 9.17) is 14.9 Å². The summed E-state index contributed by atoms with van der Waals surface area (Å²) in [5.74, 6) is 0.605. The van der Waals surface area contributed by atoms with E-state index in [9.17, 15) is 5.11 Å². The molecule has 4 N–H and O–H groups in total. The van der Waals surface area contributed by atoms with Gasteiger partial charge in [0.2, 0.25) is 0 Å². The predicted octanol–water partition coefficient (Wildman–Crippen LogP) is 2.62. The highest BCUT2D eigenvalue weighted by Crippen LogP contribution is 2.38. The summed E-state index contributed by atoms with van der Waals surface area (Å²) < 4.78 is 5.14. The molecule has 0 spiro atoms. The van der Waals surface area contributed by atoms with Gasteiger partial charge < -0.3 is 14.5 Å². The van der Waals surface area contributed by atoms with Crippen molar-refractivity contribution in [3.8, 4) is 22.6 Å². The first kappa shape index (κ1) is 11.9. The molecule has 2 aromatic carbocycles. The fraction of sp³-hybridized carbons (Fsp3) is 0. The highest BCUT2D eigenvalue weighted by atomic mass is 31.2. The van der Waals surface area contributed by atoms with Gasteiger partial charge in [0, 0.05) is 11.1 Å². The molecule has 2 aromatic rings.